The summed E-state index contributed by atoms with van der Waals surface area (Å²) < 4.78 is 28.2. The molecule has 0 aromatic heterocycles. The van der Waals surface area contributed by atoms with Crippen LogP contribution in [0.2, 0.25) is 0 Å². The van der Waals surface area contributed by atoms with Gasteiger partial charge < -0.3 is 9.84 Å². The van der Waals surface area contributed by atoms with E-state index in [1.807, 2.05) is 0 Å². The smallest absolute Gasteiger partial charge is 0.387 e. The first-order valence-corrected chi connectivity index (χ1v) is 4.95. The Kier molecular flexibility index (Phi) is 4.38. The van der Waals surface area contributed by atoms with E-state index in [0.717, 1.165) is 12.1 Å². The van der Waals surface area contributed by atoms with Gasteiger partial charge in [-0.15, -0.1) is 11.6 Å². The molecule has 0 amide bonds. The Morgan fingerprint density at radius 2 is 2.17 bits per heavy atom. The highest BCUT2D eigenvalue weighted by Crippen LogP contribution is 2.34. The second-order valence-electron chi connectivity index (χ2n) is 3.07. The van der Waals surface area contributed by atoms with Crippen molar-refractivity contribution in [1.29, 1.82) is 0 Å². The van der Waals surface area contributed by atoms with Crippen LogP contribution >= 0.6 is 11.6 Å². The summed E-state index contributed by atoms with van der Waals surface area (Å²) in [5, 5.41) is 19.5. The third-order valence-electron chi connectivity index (χ3n) is 1.92. The quantitative estimate of drug-likeness (QED) is 0.509. The first-order chi connectivity index (χ1) is 8.36. The maximum atomic E-state index is 12.1. The lowest BCUT2D eigenvalue weighted by atomic mass is 10.1. The van der Waals surface area contributed by atoms with Gasteiger partial charge in [0, 0.05) is 11.9 Å². The van der Waals surface area contributed by atoms with Crippen LogP contribution in [0.1, 0.15) is 15.9 Å². The van der Waals surface area contributed by atoms with E-state index in [1.165, 1.54) is 0 Å². The number of alkyl halides is 3. The summed E-state index contributed by atoms with van der Waals surface area (Å²) in [7, 11) is 0. The molecule has 0 atom stereocenters. The number of nitro groups is 1. The van der Waals surface area contributed by atoms with Crippen LogP contribution in [0.4, 0.5) is 14.5 Å². The molecule has 0 saturated carbocycles. The predicted molar refractivity (Wildman–Crippen MR) is 56.2 cm³/mol. The summed E-state index contributed by atoms with van der Waals surface area (Å²) in [4.78, 5) is 20.5. The number of carboxylic acid groups (broad SMARTS) is 1. The van der Waals surface area contributed by atoms with E-state index >= 15 is 0 Å². The summed E-state index contributed by atoms with van der Waals surface area (Å²) in [5.41, 5.74) is -1.49. The lowest BCUT2D eigenvalue weighted by Crippen LogP contribution is -2.10. The monoisotopic (exact) mass is 281 g/mol. The van der Waals surface area contributed by atoms with Crippen LogP contribution in [-0.2, 0) is 5.88 Å². The molecular weight excluding hydrogens is 276 g/mol. The minimum atomic E-state index is -3.37. The van der Waals surface area contributed by atoms with Gasteiger partial charge in [-0.3, -0.25) is 10.1 Å². The molecule has 0 heterocycles. The van der Waals surface area contributed by atoms with Crippen LogP contribution in [0.15, 0.2) is 12.1 Å². The molecule has 0 aliphatic carbocycles. The molecule has 0 unspecified atom stereocenters. The largest absolute Gasteiger partial charge is 0.478 e. The Morgan fingerprint density at radius 3 is 2.56 bits per heavy atom. The molecule has 1 N–H and O–H groups in total. The van der Waals surface area contributed by atoms with E-state index in [1.54, 1.807) is 0 Å². The highest BCUT2D eigenvalue weighted by molar-refractivity contribution is 6.17. The lowest BCUT2D eigenvalue weighted by molar-refractivity contribution is -0.386. The maximum absolute atomic E-state index is 12.1. The summed E-state index contributed by atoms with van der Waals surface area (Å²) >= 11 is 5.43. The predicted octanol–water partition coefficient (Wildman–Crippen LogP) is 2.63. The van der Waals surface area contributed by atoms with Crippen LogP contribution in [-0.4, -0.2) is 22.6 Å². The Bertz CT molecular complexity index is 459. The van der Waals surface area contributed by atoms with Crippen LogP contribution in [0, 0.1) is 10.1 Å². The molecule has 0 radical (unpaired) electrons. The fourth-order valence-electron chi connectivity index (χ4n) is 1.26. The first kappa shape index (κ1) is 14.1. The molecule has 0 saturated heterocycles. The number of carboxylic acids is 1. The van der Waals surface area contributed by atoms with E-state index in [4.69, 9.17) is 16.7 Å². The van der Waals surface area contributed by atoms with Gasteiger partial charge in [0.25, 0.3) is 0 Å². The maximum Gasteiger partial charge on any atom is 0.387 e. The Balaban J connectivity index is 3.49. The molecule has 1 aromatic carbocycles. The van der Waals surface area contributed by atoms with E-state index in [0.29, 0.717) is 0 Å². The molecule has 9 heteroatoms. The van der Waals surface area contributed by atoms with Gasteiger partial charge in [0.15, 0.2) is 0 Å². The molecule has 0 aliphatic rings. The van der Waals surface area contributed by atoms with Crippen molar-refractivity contribution in [2.45, 2.75) is 12.5 Å². The normalized spacial score (nSPS) is 10.4. The van der Waals surface area contributed by atoms with Crippen molar-refractivity contribution in [1.82, 2.24) is 0 Å². The van der Waals surface area contributed by atoms with E-state index in [9.17, 15) is 23.7 Å². The van der Waals surface area contributed by atoms with Gasteiger partial charge >= 0.3 is 18.3 Å². The van der Waals surface area contributed by atoms with E-state index in [2.05, 4.69) is 4.74 Å². The number of rotatable bonds is 5. The number of benzene rings is 1. The zero-order chi connectivity index (χ0) is 13.9. The molecule has 0 bridgehead atoms. The number of nitrogens with zero attached hydrogens (tertiary/aromatic N) is 1. The van der Waals surface area contributed by atoms with Gasteiger partial charge in [-0.05, 0) is 11.6 Å². The molecule has 1 rings (SSSR count). The van der Waals surface area contributed by atoms with Crippen molar-refractivity contribution in [3.63, 3.8) is 0 Å². The molecule has 0 aliphatic heterocycles. The molecule has 1 aromatic rings. The fourth-order valence-corrected chi connectivity index (χ4v) is 1.41. The van der Waals surface area contributed by atoms with E-state index in [-0.39, 0.29) is 11.4 Å². The minimum Gasteiger partial charge on any atom is -0.478 e. The van der Waals surface area contributed by atoms with Gasteiger partial charge in [-0.25, -0.2) is 4.79 Å². The molecule has 18 heavy (non-hydrogen) atoms. The lowest BCUT2D eigenvalue weighted by Gasteiger charge is -2.09. The van der Waals surface area contributed by atoms with Crippen molar-refractivity contribution in [3.05, 3.63) is 33.4 Å². The van der Waals surface area contributed by atoms with Crippen molar-refractivity contribution in [3.8, 4) is 5.75 Å². The number of carbonyl (C=O) groups is 1. The van der Waals surface area contributed by atoms with Gasteiger partial charge in [-0.2, -0.15) is 8.78 Å². The summed E-state index contributed by atoms with van der Waals surface area (Å²) in [5.74, 6) is -2.81. The zero-order valence-corrected chi connectivity index (χ0v) is 9.36. The summed E-state index contributed by atoms with van der Waals surface area (Å²) in [6.07, 6.45) is 0. The van der Waals surface area contributed by atoms with Crippen molar-refractivity contribution < 1.29 is 28.3 Å². The molecule has 0 spiro atoms. The fraction of sp³-hybridized carbons (Fsp3) is 0.222. The number of ether oxygens (including phenoxy) is 1. The number of nitro benzene ring substituents is 1. The molecule has 0 fully saturated rings. The van der Waals surface area contributed by atoms with Gasteiger partial charge in [-0.1, -0.05) is 0 Å². The van der Waals surface area contributed by atoms with Gasteiger partial charge in [0.2, 0.25) is 5.75 Å². The highest BCUT2D eigenvalue weighted by atomic mass is 35.5. The SMILES string of the molecule is O=C(O)c1cc(CCl)cc([N+](=O)[O-])c1OC(F)F. The number of hydrogen-bond donors (Lipinski definition) is 1. The molecule has 6 nitrogen and oxygen atoms in total. The Morgan fingerprint density at radius 1 is 1.56 bits per heavy atom. The van der Waals surface area contributed by atoms with E-state index < -0.39 is 34.5 Å². The van der Waals surface area contributed by atoms with Crippen LogP contribution in [0.3, 0.4) is 0 Å². The second kappa shape index (κ2) is 5.58. The first-order valence-electron chi connectivity index (χ1n) is 4.42. The number of halogens is 3. The Hall–Kier alpha value is -1.96. The zero-order valence-electron chi connectivity index (χ0n) is 8.60. The second-order valence-corrected chi connectivity index (χ2v) is 3.33. The highest BCUT2D eigenvalue weighted by Gasteiger charge is 2.27. The van der Waals surface area contributed by atoms with Crippen molar-refractivity contribution >= 4 is 23.3 Å². The number of aromatic carboxylic acids is 1. The van der Waals surface area contributed by atoms with Crippen molar-refractivity contribution in [2.24, 2.45) is 0 Å². The number of hydrogen-bond acceptors (Lipinski definition) is 4. The van der Waals surface area contributed by atoms with Gasteiger partial charge in [0.05, 0.1) is 4.92 Å². The average Bonchev–Trinajstić information content (AvgIpc) is 2.27. The standard InChI is InChI=1S/C9H6ClF2NO5/c10-3-4-1-5(8(14)15)7(18-9(11)12)6(2-4)13(16)17/h1-2,9H,3H2,(H,14,15). The topological polar surface area (TPSA) is 89.7 Å². The third kappa shape index (κ3) is 3.04. The van der Waals surface area contributed by atoms with Crippen LogP contribution < -0.4 is 4.74 Å². The average molecular weight is 282 g/mol. The molecular formula is C9H6ClF2NO5. The van der Waals surface area contributed by atoms with Crippen LogP contribution in [0.5, 0.6) is 5.75 Å². The summed E-state index contributed by atoms with van der Waals surface area (Å²) in [6.45, 7) is -3.37. The minimum absolute atomic E-state index is 0.113. The Labute approximate surface area is 104 Å². The summed E-state index contributed by atoms with van der Waals surface area (Å²) in [6, 6.07) is 1.83. The van der Waals surface area contributed by atoms with Crippen molar-refractivity contribution in [2.75, 3.05) is 0 Å². The van der Waals surface area contributed by atoms with Gasteiger partial charge in [0.1, 0.15) is 5.56 Å². The molecule has 98 valence electrons. The third-order valence-corrected chi connectivity index (χ3v) is 2.23. The van der Waals surface area contributed by atoms with Crippen LogP contribution in [0.25, 0.3) is 0 Å².